The lowest BCUT2D eigenvalue weighted by molar-refractivity contribution is -0.120. The Morgan fingerprint density at radius 2 is 1.33 bits per heavy atom. The molecule has 4 rings (SSSR count). The summed E-state index contributed by atoms with van der Waals surface area (Å²) < 4.78 is 16.1. The molecular weight excluding hydrogens is 458 g/mol. The van der Waals surface area contributed by atoms with E-state index in [0.29, 0.717) is 29.7 Å². The molecule has 4 aliphatic rings. The van der Waals surface area contributed by atoms with Crippen molar-refractivity contribution in [2.75, 3.05) is 39.6 Å². The quantitative estimate of drug-likeness (QED) is 0.472. The van der Waals surface area contributed by atoms with Gasteiger partial charge in [0.2, 0.25) is 5.91 Å². The summed E-state index contributed by atoms with van der Waals surface area (Å²) in [6, 6.07) is 0. The van der Waals surface area contributed by atoms with Crippen LogP contribution in [0.4, 0.5) is 0 Å². The van der Waals surface area contributed by atoms with Crippen LogP contribution >= 0.6 is 0 Å². The Morgan fingerprint density at radius 1 is 0.833 bits per heavy atom. The summed E-state index contributed by atoms with van der Waals surface area (Å²) in [7, 11) is 0. The SMILES string of the molecule is CC.CC.CC.CC(=O)NC[C@@H]1CC[C@@H](C)CO1.C[C@@H]1CC[C@@H](CO)OC1.C[C@@]12CO[C@H](CO)C1C2. The van der Waals surface area contributed by atoms with Crippen LogP contribution in [0.2, 0.25) is 0 Å². The lowest BCUT2D eigenvalue weighted by Crippen LogP contribution is -2.35. The van der Waals surface area contributed by atoms with Crippen LogP contribution in [0.15, 0.2) is 0 Å². The number of ether oxygens (including phenoxy) is 3. The molecule has 7 nitrogen and oxygen atoms in total. The molecule has 0 aromatic rings. The van der Waals surface area contributed by atoms with E-state index >= 15 is 0 Å². The Balaban J connectivity index is 0. The van der Waals surface area contributed by atoms with Crippen molar-refractivity contribution in [1.29, 1.82) is 0 Å². The van der Waals surface area contributed by atoms with Crippen LogP contribution in [0.5, 0.6) is 0 Å². The minimum Gasteiger partial charge on any atom is -0.394 e. The highest BCUT2D eigenvalue weighted by atomic mass is 16.5. The summed E-state index contributed by atoms with van der Waals surface area (Å²) in [5.74, 6) is 2.06. The second-order valence-corrected chi connectivity index (χ2v) is 9.89. The zero-order valence-electron chi connectivity index (χ0n) is 25.3. The van der Waals surface area contributed by atoms with Gasteiger partial charge in [0.05, 0.1) is 38.1 Å². The molecule has 1 saturated carbocycles. The molecule has 1 unspecified atom stereocenters. The molecule has 7 heteroatoms. The molecule has 1 aliphatic carbocycles. The number of carbonyl (C=O) groups excluding carboxylic acids is 1. The van der Waals surface area contributed by atoms with Crippen molar-refractivity contribution in [2.45, 2.75) is 120 Å². The summed E-state index contributed by atoms with van der Waals surface area (Å²) in [4.78, 5) is 10.6. The van der Waals surface area contributed by atoms with Gasteiger partial charge in [-0.05, 0) is 55.3 Å². The Morgan fingerprint density at radius 3 is 1.61 bits per heavy atom. The molecule has 0 aromatic heterocycles. The maximum absolute atomic E-state index is 10.6. The summed E-state index contributed by atoms with van der Waals surface area (Å²) in [6.45, 7) is 23.7. The van der Waals surface area contributed by atoms with E-state index in [1.807, 2.05) is 41.5 Å². The van der Waals surface area contributed by atoms with Crippen LogP contribution in [0, 0.1) is 23.2 Å². The van der Waals surface area contributed by atoms with Gasteiger partial charge in [-0.15, -0.1) is 0 Å². The number of rotatable bonds is 4. The Hall–Kier alpha value is -0.730. The average Bonchev–Trinajstić information content (AvgIpc) is 3.49. The van der Waals surface area contributed by atoms with E-state index in [2.05, 4.69) is 26.1 Å². The van der Waals surface area contributed by atoms with E-state index in [1.54, 1.807) is 0 Å². The first-order valence-electron chi connectivity index (χ1n) is 14.6. The maximum Gasteiger partial charge on any atom is 0.216 e. The molecule has 3 aliphatic heterocycles. The molecule has 1 amide bonds. The molecular formula is C29H61NO6. The largest absolute Gasteiger partial charge is 0.394 e. The van der Waals surface area contributed by atoms with Gasteiger partial charge in [0.1, 0.15) is 0 Å². The highest BCUT2D eigenvalue weighted by molar-refractivity contribution is 5.72. The van der Waals surface area contributed by atoms with Crippen molar-refractivity contribution in [2.24, 2.45) is 23.2 Å². The van der Waals surface area contributed by atoms with E-state index < -0.39 is 0 Å². The van der Waals surface area contributed by atoms with Crippen LogP contribution in [0.3, 0.4) is 0 Å². The number of fused-ring (bicyclic) bond motifs is 1. The van der Waals surface area contributed by atoms with Crippen LogP contribution < -0.4 is 5.32 Å². The molecule has 3 heterocycles. The van der Waals surface area contributed by atoms with Gasteiger partial charge in [-0.1, -0.05) is 62.3 Å². The third-order valence-electron chi connectivity index (χ3n) is 6.66. The number of carbonyl (C=O) groups is 1. The molecule has 3 N–H and O–H groups in total. The monoisotopic (exact) mass is 519 g/mol. The predicted octanol–water partition coefficient (Wildman–Crippen LogP) is 5.21. The lowest BCUT2D eigenvalue weighted by atomic mass is 10.0. The van der Waals surface area contributed by atoms with Crippen molar-refractivity contribution >= 4 is 5.91 Å². The minimum atomic E-state index is 0.0252. The topological polar surface area (TPSA) is 97.3 Å². The summed E-state index contributed by atoms with van der Waals surface area (Å²) in [6.07, 6.45) is 6.30. The first-order chi connectivity index (χ1) is 17.3. The molecule has 0 aromatic carbocycles. The average molecular weight is 520 g/mol. The van der Waals surface area contributed by atoms with Crippen molar-refractivity contribution in [3.05, 3.63) is 0 Å². The zero-order valence-corrected chi connectivity index (χ0v) is 25.3. The normalized spacial score (nSPS) is 33.4. The van der Waals surface area contributed by atoms with Gasteiger partial charge in [-0.3, -0.25) is 4.79 Å². The van der Waals surface area contributed by atoms with Gasteiger partial charge in [0.25, 0.3) is 0 Å². The molecule has 0 radical (unpaired) electrons. The number of nitrogens with one attached hydrogen (secondary N) is 1. The number of hydrogen-bond acceptors (Lipinski definition) is 6. The summed E-state index contributed by atoms with van der Waals surface area (Å²) in [5, 5.41) is 20.2. The fraction of sp³-hybridized carbons (Fsp3) is 0.966. The number of amides is 1. The third-order valence-corrected chi connectivity index (χ3v) is 6.66. The summed E-state index contributed by atoms with van der Waals surface area (Å²) >= 11 is 0. The van der Waals surface area contributed by atoms with Crippen molar-refractivity contribution in [3.63, 3.8) is 0 Å². The van der Waals surface area contributed by atoms with E-state index in [-0.39, 0.29) is 37.4 Å². The standard InChI is InChI=1S/C9H17NO2.C7H12O2.C7H14O2.3C2H6/c1-7-3-4-9(12-6-7)5-10-8(2)11;1-7-2-5(7)6(3-8)9-4-7;1-6-2-3-7(4-8)9-5-6;3*1-2/h7,9H,3-6H2,1-2H3,(H,10,11);5-6,8H,2-4H2,1H3;6-8H,2-5H2,1H3;3*1-2H3/t7-,9+;5?,6-,7-;6-,7+;;;/m111.../s1. The third kappa shape index (κ3) is 15.5. The molecule has 4 fully saturated rings. The predicted molar refractivity (Wildman–Crippen MR) is 149 cm³/mol. The van der Waals surface area contributed by atoms with Crippen LogP contribution in [-0.4, -0.2) is 74.0 Å². The first-order valence-corrected chi connectivity index (χ1v) is 14.6. The zero-order chi connectivity index (χ0) is 28.1. The molecule has 218 valence electrons. The molecule has 36 heavy (non-hydrogen) atoms. The number of aliphatic hydroxyl groups is 2. The van der Waals surface area contributed by atoms with E-state index in [1.165, 1.54) is 26.2 Å². The maximum atomic E-state index is 10.6. The van der Waals surface area contributed by atoms with E-state index in [4.69, 9.17) is 24.4 Å². The van der Waals surface area contributed by atoms with Crippen molar-refractivity contribution < 1.29 is 29.2 Å². The highest BCUT2D eigenvalue weighted by Crippen LogP contribution is 2.59. The van der Waals surface area contributed by atoms with E-state index in [9.17, 15) is 4.79 Å². The Kier molecular flexibility index (Phi) is 23.2. The molecule has 0 bridgehead atoms. The van der Waals surface area contributed by atoms with Gasteiger partial charge in [-0.25, -0.2) is 0 Å². The molecule has 0 spiro atoms. The molecule has 3 saturated heterocycles. The fourth-order valence-electron chi connectivity index (χ4n) is 4.22. The summed E-state index contributed by atoms with van der Waals surface area (Å²) in [5.41, 5.74) is 0.452. The van der Waals surface area contributed by atoms with Gasteiger partial charge in [-0.2, -0.15) is 0 Å². The number of aliphatic hydroxyl groups excluding tert-OH is 2. The molecule has 7 atom stereocenters. The lowest BCUT2D eigenvalue weighted by Gasteiger charge is -2.26. The smallest absolute Gasteiger partial charge is 0.216 e. The highest BCUT2D eigenvalue weighted by Gasteiger charge is 2.59. The van der Waals surface area contributed by atoms with Crippen LogP contribution in [-0.2, 0) is 19.0 Å². The van der Waals surface area contributed by atoms with E-state index in [0.717, 1.165) is 32.7 Å². The Labute approximate surface area is 223 Å². The Bertz CT molecular complexity index is 504. The van der Waals surface area contributed by atoms with Gasteiger partial charge in [0.15, 0.2) is 0 Å². The minimum absolute atomic E-state index is 0.0252. The number of hydrogen-bond donors (Lipinski definition) is 3. The second kappa shape index (κ2) is 22.3. The van der Waals surface area contributed by atoms with Gasteiger partial charge < -0.3 is 29.7 Å². The van der Waals surface area contributed by atoms with Crippen molar-refractivity contribution in [3.8, 4) is 0 Å². The van der Waals surface area contributed by atoms with Crippen molar-refractivity contribution in [1.82, 2.24) is 5.32 Å². The first kappa shape index (κ1) is 37.4. The fourth-order valence-corrected chi connectivity index (χ4v) is 4.22. The van der Waals surface area contributed by atoms with Crippen LogP contribution in [0.25, 0.3) is 0 Å². The van der Waals surface area contributed by atoms with Crippen LogP contribution in [0.1, 0.15) is 101 Å². The van der Waals surface area contributed by atoms with Gasteiger partial charge in [0, 0.05) is 26.7 Å². The van der Waals surface area contributed by atoms with Gasteiger partial charge >= 0.3 is 0 Å². The second-order valence-electron chi connectivity index (χ2n) is 9.89.